The minimum atomic E-state index is -0.631. The molecule has 0 saturated heterocycles. The van der Waals surface area contributed by atoms with Crippen molar-refractivity contribution in [3.05, 3.63) is 28.8 Å². The summed E-state index contributed by atoms with van der Waals surface area (Å²) in [5, 5.41) is 10.7. The summed E-state index contributed by atoms with van der Waals surface area (Å²) in [7, 11) is 1.55. The molecule has 0 radical (unpaired) electrons. The molecule has 0 unspecified atom stereocenters. The number of ether oxygens (including phenoxy) is 1. The van der Waals surface area contributed by atoms with Crippen LogP contribution < -0.4 is 10.5 Å². The first-order chi connectivity index (χ1) is 7.77. The maximum atomic E-state index is 10.1. The number of aliphatic hydroxyl groups excluding tert-OH is 1. The van der Waals surface area contributed by atoms with E-state index in [9.17, 15) is 5.11 Å². The number of hydrogen-bond acceptors (Lipinski definition) is 3. The molecular weight excluding hydrogens is 273 g/mol. The zero-order valence-electron chi connectivity index (χ0n) is 11.1. The number of methoxy groups -OCH3 is 1. The molecule has 18 heavy (non-hydrogen) atoms. The molecule has 5 heteroatoms. The first kappa shape index (κ1) is 17.5. The number of benzene rings is 1. The summed E-state index contributed by atoms with van der Waals surface area (Å²) in [6, 6.07) is 4.85. The second kappa shape index (κ2) is 6.62. The summed E-state index contributed by atoms with van der Waals surface area (Å²) in [6.45, 7) is 5.85. The highest BCUT2D eigenvalue weighted by Crippen LogP contribution is 2.32. The Balaban J connectivity index is 0.00000289. The molecule has 0 aliphatic carbocycles. The van der Waals surface area contributed by atoms with E-state index in [1.165, 1.54) is 0 Å². The molecule has 0 spiro atoms. The maximum Gasteiger partial charge on any atom is 0.137 e. The highest BCUT2D eigenvalue weighted by molar-refractivity contribution is 6.32. The van der Waals surface area contributed by atoms with Crippen LogP contribution in [0.25, 0.3) is 0 Å². The zero-order chi connectivity index (χ0) is 13.2. The van der Waals surface area contributed by atoms with Gasteiger partial charge in [0.1, 0.15) is 5.75 Å². The van der Waals surface area contributed by atoms with Crippen molar-refractivity contribution in [2.45, 2.75) is 32.9 Å². The van der Waals surface area contributed by atoms with Crippen molar-refractivity contribution in [3.63, 3.8) is 0 Å². The molecule has 0 saturated carbocycles. The summed E-state index contributed by atoms with van der Waals surface area (Å²) in [5.74, 6) is 0.570. The molecule has 1 rings (SSSR count). The van der Waals surface area contributed by atoms with E-state index in [4.69, 9.17) is 22.1 Å². The van der Waals surface area contributed by atoms with Crippen LogP contribution in [0.2, 0.25) is 5.02 Å². The Morgan fingerprint density at radius 1 is 1.33 bits per heavy atom. The molecule has 0 heterocycles. The molecule has 104 valence electrons. The van der Waals surface area contributed by atoms with Gasteiger partial charge in [0, 0.05) is 0 Å². The van der Waals surface area contributed by atoms with E-state index in [0.29, 0.717) is 10.8 Å². The summed E-state index contributed by atoms with van der Waals surface area (Å²) in [6.07, 6.45) is -0.631. The van der Waals surface area contributed by atoms with Crippen LogP contribution in [0.4, 0.5) is 0 Å². The average molecular weight is 294 g/mol. The Morgan fingerprint density at radius 3 is 2.33 bits per heavy atom. The van der Waals surface area contributed by atoms with E-state index in [2.05, 4.69) is 0 Å². The second-order valence-electron chi connectivity index (χ2n) is 5.23. The van der Waals surface area contributed by atoms with Crippen LogP contribution in [-0.2, 0) is 0 Å². The topological polar surface area (TPSA) is 55.5 Å². The van der Waals surface area contributed by atoms with E-state index in [-0.39, 0.29) is 17.8 Å². The third-order valence-electron chi connectivity index (χ3n) is 2.79. The number of halogens is 2. The van der Waals surface area contributed by atoms with Crippen LogP contribution in [0.1, 0.15) is 32.4 Å². The van der Waals surface area contributed by atoms with Gasteiger partial charge in [0.25, 0.3) is 0 Å². The molecule has 1 aromatic rings. The molecule has 0 amide bonds. The molecule has 0 bridgehead atoms. The first-order valence-electron chi connectivity index (χ1n) is 5.54. The lowest BCUT2D eigenvalue weighted by molar-refractivity contribution is 0.0400. The lowest BCUT2D eigenvalue weighted by Crippen LogP contribution is -2.36. The van der Waals surface area contributed by atoms with E-state index in [1.807, 2.05) is 26.8 Å². The smallest absolute Gasteiger partial charge is 0.137 e. The van der Waals surface area contributed by atoms with Crippen molar-refractivity contribution in [3.8, 4) is 5.75 Å². The van der Waals surface area contributed by atoms with Gasteiger partial charge in [0.15, 0.2) is 0 Å². The molecule has 2 atom stereocenters. The summed E-state index contributed by atoms with van der Waals surface area (Å²) < 4.78 is 5.13. The van der Waals surface area contributed by atoms with Gasteiger partial charge in [-0.25, -0.2) is 0 Å². The minimum Gasteiger partial charge on any atom is -0.495 e. The number of aliphatic hydroxyl groups is 1. The van der Waals surface area contributed by atoms with E-state index in [1.54, 1.807) is 19.2 Å². The van der Waals surface area contributed by atoms with Crippen molar-refractivity contribution in [2.24, 2.45) is 11.1 Å². The van der Waals surface area contributed by atoms with Crippen LogP contribution >= 0.6 is 24.0 Å². The summed E-state index contributed by atoms with van der Waals surface area (Å²) in [5.41, 5.74) is 6.59. The molecule has 0 fully saturated rings. The van der Waals surface area contributed by atoms with Gasteiger partial charge in [-0.15, -0.1) is 12.4 Å². The van der Waals surface area contributed by atoms with Gasteiger partial charge in [-0.3, -0.25) is 0 Å². The fourth-order valence-electron chi connectivity index (χ4n) is 1.60. The van der Waals surface area contributed by atoms with Crippen LogP contribution in [0.5, 0.6) is 5.75 Å². The largest absolute Gasteiger partial charge is 0.495 e. The maximum absolute atomic E-state index is 10.1. The lowest BCUT2D eigenvalue weighted by Gasteiger charge is -2.31. The molecule has 0 aliphatic heterocycles. The third kappa shape index (κ3) is 4.02. The fraction of sp³-hybridized carbons (Fsp3) is 0.538. The van der Waals surface area contributed by atoms with Crippen molar-refractivity contribution in [2.75, 3.05) is 7.11 Å². The monoisotopic (exact) mass is 293 g/mol. The van der Waals surface area contributed by atoms with E-state index >= 15 is 0 Å². The Kier molecular flexibility index (Phi) is 6.44. The molecule has 3 nitrogen and oxygen atoms in total. The molecular formula is C13H21Cl2NO2. The van der Waals surface area contributed by atoms with Crippen molar-refractivity contribution in [1.29, 1.82) is 0 Å². The normalized spacial score (nSPS) is 14.6. The van der Waals surface area contributed by atoms with Crippen molar-refractivity contribution in [1.82, 2.24) is 0 Å². The van der Waals surface area contributed by atoms with Crippen LogP contribution in [-0.4, -0.2) is 18.3 Å². The Labute approximate surface area is 120 Å². The van der Waals surface area contributed by atoms with Crippen LogP contribution in [0, 0.1) is 5.41 Å². The molecule has 1 aromatic carbocycles. The van der Waals surface area contributed by atoms with E-state index < -0.39 is 12.1 Å². The number of nitrogens with two attached hydrogens (primary N) is 1. The van der Waals surface area contributed by atoms with Crippen molar-refractivity contribution < 1.29 is 9.84 Å². The van der Waals surface area contributed by atoms with Crippen LogP contribution in [0.15, 0.2) is 18.2 Å². The Bertz CT molecular complexity index is 391. The third-order valence-corrected chi connectivity index (χ3v) is 3.10. The van der Waals surface area contributed by atoms with Gasteiger partial charge in [-0.2, -0.15) is 0 Å². The highest BCUT2D eigenvalue weighted by atomic mass is 35.5. The number of rotatable bonds is 3. The SMILES string of the molecule is COc1cc([C@H](N)[C@H](O)C(C)(C)C)ccc1Cl.Cl. The summed E-state index contributed by atoms with van der Waals surface area (Å²) >= 11 is 5.94. The number of hydrogen-bond donors (Lipinski definition) is 2. The zero-order valence-corrected chi connectivity index (χ0v) is 12.7. The van der Waals surface area contributed by atoms with Gasteiger partial charge in [0.05, 0.1) is 24.3 Å². The molecule has 0 aliphatic rings. The first-order valence-corrected chi connectivity index (χ1v) is 5.92. The van der Waals surface area contributed by atoms with Gasteiger partial charge in [0.2, 0.25) is 0 Å². The summed E-state index contributed by atoms with van der Waals surface area (Å²) in [4.78, 5) is 0. The van der Waals surface area contributed by atoms with Crippen molar-refractivity contribution >= 4 is 24.0 Å². The van der Waals surface area contributed by atoms with Gasteiger partial charge in [-0.05, 0) is 23.1 Å². The predicted molar refractivity (Wildman–Crippen MR) is 77.6 cm³/mol. The van der Waals surface area contributed by atoms with Gasteiger partial charge in [-0.1, -0.05) is 38.4 Å². The standard InChI is InChI=1S/C13H20ClNO2.ClH/c1-13(2,3)12(16)11(15)8-5-6-9(14)10(7-8)17-4;/h5-7,11-12,16H,15H2,1-4H3;1H/t11-,12-;/m0./s1. The predicted octanol–water partition coefficient (Wildman–Crippen LogP) is 3.18. The molecule has 0 aromatic heterocycles. The second-order valence-corrected chi connectivity index (χ2v) is 5.64. The van der Waals surface area contributed by atoms with Crippen LogP contribution in [0.3, 0.4) is 0 Å². The highest BCUT2D eigenvalue weighted by Gasteiger charge is 2.29. The lowest BCUT2D eigenvalue weighted by atomic mass is 9.82. The molecule has 3 N–H and O–H groups in total. The Morgan fingerprint density at radius 2 is 1.89 bits per heavy atom. The quantitative estimate of drug-likeness (QED) is 0.900. The van der Waals surface area contributed by atoms with Gasteiger partial charge < -0.3 is 15.6 Å². The Hall–Kier alpha value is -0.480. The fourth-order valence-corrected chi connectivity index (χ4v) is 1.80. The van der Waals surface area contributed by atoms with E-state index in [0.717, 1.165) is 5.56 Å². The van der Waals surface area contributed by atoms with Gasteiger partial charge >= 0.3 is 0 Å². The minimum absolute atomic E-state index is 0. The average Bonchev–Trinajstić information content (AvgIpc) is 2.26.